The third kappa shape index (κ3) is 3.49. The molecule has 22 heavy (non-hydrogen) atoms. The summed E-state index contributed by atoms with van der Waals surface area (Å²) >= 11 is 0. The van der Waals surface area contributed by atoms with E-state index in [-0.39, 0.29) is 11.6 Å². The third-order valence-corrected chi connectivity index (χ3v) is 3.53. The van der Waals surface area contributed by atoms with E-state index in [9.17, 15) is 14.9 Å². The molecule has 0 unspecified atom stereocenters. The van der Waals surface area contributed by atoms with Crippen LogP contribution in [0.5, 0.6) is 0 Å². The fourth-order valence-electron chi connectivity index (χ4n) is 2.25. The molecule has 2 aromatic rings. The number of benzene rings is 2. The molecular formula is C17H18N2O3. The maximum atomic E-state index is 12.4. The van der Waals surface area contributed by atoms with Gasteiger partial charge in [0, 0.05) is 30.8 Å². The zero-order chi connectivity index (χ0) is 16.3. The van der Waals surface area contributed by atoms with Crippen molar-refractivity contribution in [3.8, 4) is 0 Å². The summed E-state index contributed by atoms with van der Waals surface area (Å²) in [6, 6.07) is 12.4. The Hall–Kier alpha value is -2.69. The van der Waals surface area contributed by atoms with Crippen molar-refractivity contribution in [1.82, 2.24) is 4.90 Å². The van der Waals surface area contributed by atoms with Crippen molar-refractivity contribution in [3.05, 3.63) is 74.8 Å². The third-order valence-electron chi connectivity index (χ3n) is 3.53. The Balaban J connectivity index is 2.15. The van der Waals surface area contributed by atoms with Crippen molar-refractivity contribution in [3.63, 3.8) is 0 Å². The highest BCUT2D eigenvalue weighted by molar-refractivity contribution is 5.94. The van der Waals surface area contributed by atoms with Gasteiger partial charge < -0.3 is 4.90 Å². The van der Waals surface area contributed by atoms with Crippen LogP contribution in [-0.4, -0.2) is 22.8 Å². The molecule has 0 aromatic heterocycles. The highest BCUT2D eigenvalue weighted by Crippen LogP contribution is 2.20. The number of aryl methyl sites for hydroxylation is 2. The molecule has 2 rings (SSSR count). The molecule has 0 atom stereocenters. The Labute approximate surface area is 129 Å². The van der Waals surface area contributed by atoms with Crippen LogP contribution in [0.15, 0.2) is 42.5 Å². The molecule has 0 saturated carbocycles. The predicted molar refractivity (Wildman–Crippen MR) is 84.8 cm³/mol. The number of nitro groups is 1. The van der Waals surface area contributed by atoms with Crippen molar-refractivity contribution in [2.24, 2.45) is 0 Å². The van der Waals surface area contributed by atoms with Gasteiger partial charge in [0.1, 0.15) is 0 Å². The summed E-state index contributed by atoms with van der Waals surface area (Å²) in [6.45, 7) is 4.14. The molecule has 0 saturated heterocycles. The summed E-state index contributed by atoms with van der Waals surface area (Å²) in [4.78, 5) is 24.4. The van der Waals surface area contributed by atoms with Gasteiger partial charge >= 0.3 is 0 Å². The molecule has 0 aliphatic heterocycles. The van der Waals surface area contributed by atoms with Gasteiger partial charge in [-0.1, -0.05) is 29.8 Å². The van der Waals surface area contributed by atoms with Gasteiger partial charge in [-0.15, -0.1) is 0 Å². The van der Waals surface area contributed by atoms with Gasteiger partial charge in [-0.05, 0) is 31.5 Å². The Bertz CT molecular complexity index is 708. The van der Waals surface area contributed by atoms with Crippen molar-refractivity contribution in [2.45, 2.75) is 20.4 Å². The first-order valence-electron chi connectivity index (χ1n) is 6.94. The molecule has 5 heteroatoms. The van der Waals surface area contributed by atoms with Crippen molar-refractivity contribution >= 4 is 11.6 Å². The van der Waals surface area contributed by atoms with Gasteiger partial charge in [0.15, 0.2) is 0 Å². The number of nitro benzene ring substituents is 1. The Morgan fingerprint density at radius 2 is 1.77 bits per heavy atom. The smallest absolute Gasteiger partial charge is 0.272 e. The molecule has 0 N–H and O–H groups in total. The minimum Gasteiger partial charge on any atom is -0.337 e. The molecule has 0 spiro atoms. The lowest BCUT2D eigenvalue weighted by Gasteiger charge is -2.17. The average Bonchev–Trinajstić information content (AvgIpc) is 2.48. The highest BCUT2D eigenvalue weighted by Gasteiger charge is 2.16. The first kappa shape index (κ1) is 15.7. The van der Waals surface area contributed by atoms with Gasteiger partial charge in [0.2, 0.25) is 0 Å². The first-order chi connectivity index (χ1) is 10.4. The van der Waals surface area contributed by atoms with Crippen molar-refractivity contribution in [1.29, 1.82) is 0 Å². The summed E-state index contributed by atoms with van der Waals surface area (Å²) in [6.07, 6.45) is 0. The van der Waals surface area contributed by atoms with Crippen LogP contribution in [0.4, 0.5) is 5.69 Å². The van der Waals surface area contributed by atoms with E-state index < -0.39 is 4.92 Å². The van der Waals surface area contributed by atoms with Crippen LogP contribution in [0.3, 0.4) is 0 Å². The molecule has 0 radical (unpaired) electrons. The monoisotopic (exact) mass is 298 g/mol. The standard InChI is InChI=1S/C17H18N2O3/c1-12-4-6-14(7-5-12)11-18(3)17(20)15-8-9-16(19(21)22)13(2)10-15/h4-10H,11H2,1-3H3. The van der Waals surface area contributed by atoms with Gasteiger partial charge in [-0.2, -0.15) is 0 Å². The Kier molecular flexibility index (Phi) is 4.56. The zero-order valence-electron chi connectivity index (χ0n) is 12.9. The van der Waals surface area contributed by atoms with Crippen LogP contribution < -0.4 is 0 Å². The average molecular weight is 298 g/mol. The van der Waals surface area contributed by atoms with Crippen LogP contribution in [0, 0.1) is 24.0 Å². The molecule has 2 aromatic carbocycles. The minimum absolute atomic E-state index is 0.0257. The second-order valence-corrected chi connectivity index (χ2v) is 5.41. The number of amides is 1. The first-order valence-corrected chi connectivity index (χ1v) is 6.94. The van der Waals surface area contributed by atoms with E-state index in [1.165, 1.54) is 17.7 Å². The fraction of sp³-hybridized carbons (Fsp3) is 0.235. The lowest BCUT2D eigenvalue weighted by molar-refractivity contribution is -0.385. The summed E-state index contributed by atoms with van der Waals surface area (Å²) in [7, 11) is 1.72. The Morgan fingerprint density at radius 1 is 1.14 bits per heavy atom. The summed E-state index contributed by atoms with van der Waals surface area (Å²) in [5.41, 5.74) is 3.18. The number of hydrogen-bond donors (Lipinski definition) is 0. The van der Waals surface area contributed by atoms with E-state index in [0.29, 0.717) is 17.7 Å². The van der Waals surface area contributed by atoms with Gasteiger partial charge in [-0.25, -0.2) is 0 Å². The molecule has 0 aliphatic rings. The normalized spacial score (nSPS) is 10.3. The Morgan fingerprint density at radius 3 is 2.32 bits per heavy atom. The molecule has 1 amide bonds. The van der Waals surface area contributed by atoms with E-state index in [1.807, 2.05) is 31.2 Å². The summed E-state index contributed by atoms with van der Waals surface area (Å²) in [5, 5.41) is 10.8. The van der Waals surface area contributed by atoms with Gasteiger partial charge in [0.05, 0.1) is 4.92 Å². The zero-order valence-corrected chi connectivity index (χ0v) is 12.9. The second kappa shape index (κ2) is 6.39. The van der Waals surface area contributed by atoms with E-state index in [2.05, 4.69) is 0 Å². The van der Waals surface area contributed by atoms with Crippen molar-refractivity contribution < 1.29 is 9.72 Å². The van der Waals surface area contributed by atoms with E-state index >= 15 is 0 Å². The number of carbonyl (C=O) groups is 1. The van der Waals surface area contributed by atoms with Crippen molar-refractivity contribution in [2.75, 3.05) is 7.05 Å². The van der Waals surface area contributed by atoms with Crippen LogP contribution in [0.25, 0.3) is 0 Å². The summed E-state index contributed by atoms with van der Waals surface area (Å²) < 4.78 is 0. The molecule has 0 fully saturated rings. The number of carbonyl (C=O) groups excluding carboxylic acids is 1. The maximum Gasteiger partial charge on any atom is 0.272 e. The number of rotatable bonds is 4. The second-order valence-electron chi connectivity index (χ2n) is 5.41. The fourth-order valence-corrected chi connectivity index (χ4v) is 2.25. The molecule has 0 heterocycles. The van der Waals surface area contributed by atoms with E-state index in [0.717, 1.165) is 5.56 Å². The largest absolute Gasteiger partial charge is 0.337 e. The predicted octanol–water partition coefficient (Wildman–Crippen LogP) is 3.48. The lowest BCUT2D eigenvalue weighted by atomic mass is 10.1. The molecule has 114 valence electrons. The molecule has 5 nitrogen and oxygen atoms in total. The van der Waals surface area contributed by atoms with Crippen LogP contribution in [-0.2, 0) is 6.54 Å². The van der Waals surface area contributed by atoms with Crippen LogP contribution >= 0.6 is 0 Å². The highest BCUT2D eigenvalue weighted by atomic mass is 16.6. The number of nitrogens with zero attached hydrogens (tertiary/aromatic N) is 2. The van der Waals surface area contributed by atoms with E-state index in [4.69, 9.17) is 0 Å². The lowest BCUT2D eigenvalue weighted by Crippen LogP contribution is -2.26. The molecule has 0 bridgehead atoms. The number of hydrogen-bond acceptors (Lipinski definition) is 3. The maximum absolute atomic E-state index is 12.4. The quantitative estimate of drug-likeness (QED) is 0.641. The molecule has 0 aliphatic carbocycles. The SMILES string of the molecule is Cc1ccc(CN(C)C(=O)c2ccc([N+](=O)[O-])c(C)c2)cc1. The van der Waals surface area contributed by atoms with Crippen LogP contribution in [0.2, 0.25) is 0 Å². The van der Waals surface area contributed by atoms with Gasteiger partial charge in [-0.3, -0.25) is 14.9 Å². The van der Waals surface area contributed by atoms with E-state index in [1.54, 1.807) is 24.9 Å². The topological polar surface area (TPSA) is 63.5 Å². The molecular weight excluding hydrogens is 280 g/mol. The summed E-state index contributed by atoms with van der Waals surface area (Å²) in [5.74, 6) is -0.154. The van der Waals surface area contributed by atoms with Crippen LogP contribution in [0.1, 0.15) is 27.0 Å². The van der Waals surface area contributed by atoms with Gasteiger partial charge in [0.25, 0.3) is 11.6 Å². The minimum atomic E-state index is -0.445.